The molecule has 0 unspecified atom stereocenters. The van der Waals surface area contributed by atoms with E-state index >= 15 is 0 Å². The zero-order chi connectivity index (χ0) is 29.0. The van der Waals surface area contributed by atoms with Gasteiger partial charge in [-0.1, -0.05) is 140 Å². The van der Waals surface area contributed by atoms with E-state index in [4.69, 9.17) is 4.74 Å². The molecule has 1 aliphatic carbocycles. The van der Waals surface area contributed by atoms with E-state index in [-0.39, 0.29) is 0 Å². The Balaban J connectivity index is 1.38. The molecule has 1 aliphatic heterocycles. The molecule has 0 fully saturated rings. The highest BCUT2D eigenvalue weighted by Crippen LogP contribution is 2.56. The summed E-state index contributed by atoms with van der Waals surface area (Å²) >= 11 is 0. The number of hydrogen-bond acceptors (Lipinski definition) is 1. The van der Waals surface area contributed by atoms with E-state index in [2.05, 4.69) is 147 Å². The highest BCUT2D eigenvalue weighted by Gasteiger charge is 2.45. The van der Waals surface area contributed by atoms with Gasteiger partial charge in [-0.3, -0.25) is 0 Å². The predicted molar refractivity (Wildman–Crippen MR) is 179 cm³/mol. The Morgan fingerprint density at radius 2 is 1.19 bits per heavy atom. The Morgan fingerprint density at radius 1 is 0.558 bits per heavy atom. The van der Waals surface area contributed by atoms with Crippen LogP contribution in [-0.2, 0) is 5.41 Å². The first-order valence-electron chi connectivity index (χ1n) is 14.8. The molecule has 6 aromatic rings. The number of hydrogen-bond donors (Lipinski definition) is 0. The van der Waals surface area contributed by atoms with Gasteiger partial charge in [0, 0.05) is 11.1 Å². The first kappa shape index (κ1) is 25.3. The van der Waals surface area contributed by atoms with Gasteiger partial charge in [-0.05, 0) is 80.8 Å². The van der Waals surface area contributed by atoms with Crippen molar-refractivity contribution in [3.63, 3.8) is 0 Å². The molecule has 0 spiro atoms. The summed E-state index contributed by atoms with van der Waals surface area (Å²) in [4.78, 5) is 0. The molecule has 0 aromatic heterocycles. The SMILES string of the molecule is C=C1c2ccccc2Oc2ccc(-c3cccc(C4(c5ccccc5)c5ccccc5-c5ccccc54)c3)c(/C=C\C)c21. The van der Waals surface area contributed by atoms with Crippen molar-refractivity contribution < 1.29 is 4.74 Å². The Kier molecular flexibility index (Phi) is 5.80. The lowest BCUT2D eigenvalue weighted by Crippen LogP contribution is -2.28. The summed E-state index contributed by atoms with van der Waals surface area (Å²) in [5, 5.41) is 0. The molecule has 8 rings (SSSR count). The largest absolute Gasteiger partial charge is 0.456 e. The fourth-order valence-corrected chi connectivity index (χ4v) is 7.28. The molecular weight excluding hydrogens is 520 g/mol. The van der Waals surface area contributed by atoms with Crippen LogP contribution in [0.3, 0.4) is 0 Å². The fourth-order valence-electron chi connectivity index (χ4n) is 7.28. The molecule has 2 aliphatic rings. The van der Waals surface area contributed by atoms with Crippen LogP contribution in [-0.4, -0.2) is 0 Å². The van der Waals surface area contributed by atoms with Crippen LogP contribution >= 0.6 is 0 Å². The zero-order valence-electron chi connectivity index (χ0n) is 24.0. The summed E-state index contributed by atoms with van der Waals surface area (Å²) in [6.45, 7) is 6.61. The number of rotatable bonds is 4. The van der Waals surface area contributed by atoms with Crippen molar-refractivity contribution in [2.75, 3.05) is 0 Å². The fraction of sp³-hybridized carbons (Fsp3) is 0.0476. The molecule has 0 N–H and O–H groups in total. The topological polar surface area (TPSA) is 9.23 Å². The van der Waals surface area contributed by atoms with Crippen molar-refractivity contribution >= 4 is 11.6 Å². The quantitative estimate of drug-likeness (QED) is 0.212. The van der Waals surface area contributed by atoms with Gasteiger partial charge in [0.2, 0.25) is 0 Å². The molecule has 1 heterocycles. The molecule has 0 bridgehead atoms. The third kappa shape index (κ3) is 3.65. The number of para-hydroxylation sites is 1. The normalized spacial score (nSPS) is 14.0. The molecule has 0 amide bonds. The summed E-state index contributed by atoms with van der Waals surface area (Å²) in [7, 11) is 0. The van der Waals surface area contributed by atoms with Crippen LogP contribution in [0.25, 0.3) is 33.9 Å². The van der Waals surface area contributed by atoms with E-state index in [1.807, 2.05) is 18.2 Å². The maximum absolute atomic E-state index is 6.39. The minimum Gasteiger partial charge on any atom is -0.456 e. The summed E-state index contributed by atoms with van der Waals surface area (Å²) in [5.74, 6) is 1.70. The van der Waals surface area contributed by atoms with E-state index < -0.39 is 5.41 Å². The van der Waals surface area contributed by atoms with Crippen LogP contribution in [0.4, 0.5) is 0 Å². The Morgan fingerprint density at radius 3 is 1.91 bits per heavy atom. The average molecular weight is 551 g/mol. The highest BCUT2D eigenvalue weighted by molar-refractivity contribution is 5.95. The molecule has 0 saturated carbocycles. The van der Waals surface area contributed by atoms with Gasteiger partial charge < -0.3 is 4.74 Å². The molecule has 0 saturated heterocycles. The van der Waals surface area contributed by atoms with Crippen molar-refractivity contribution in [3.05, 3.63) is 191 Å². The van der Waals surface area contributed by atoms with E-state index in [9.17, 15) is 0 Å². The molecule has 204 valence electrons. The number of ether oxygens (including phenoxy) is 1. The zero-order valence-corrected chi connectivity index (χ0v) is 24.0. The van der Waals surface area contributed by atoms with Crippen LogP contribution in [0.5, 0.6) is 11.5 Å². The van der Waals surface area contributed by atoms with Gasteiger partial charge in [0.25, 0.3) is 0 Å². The lowest BCUT2D eigenvalue weighted by Gasteiger charge is -2.34. The number of allylic oxidation sites excluding steroid dienone is 1. The first-order chi connectivity index (χ1) is 21.2. The van der Waals surface area contributed by atoms with Crippen molar-refractivity contribution in [1.29, 1.82) is 0 Å². The van der Waals surface area contributed by atoms with E-state index in [1.54, 1.807) is 0 Å². The molecule has 1 heteroatoms. The Bertz CT molecular complexity index is 2030. The second-order valence-electron chi connectivity index (χ2n) is 11.3. The maximum atomic E-state index is 6.39. The highest BCUT2D eigenvalue weighted by atomic mass is 16.5. The molecule has 0 radical (unpaired) electrons. The Hall–Kier alpha value is -5.40. The van der Waals surface area contributed by atoms with E-state index in [0.717, 1.165) is 44.9 Å². The van der Waals surface area contributed by atoms with Gasteiger partial charge in [-0.25, -0.2) is 0 Å². The minimum absolute atomic E-state index is 0.439. The number of fused-ring (bicyclic) bond motifs is 5. The maximum Gasteiger partial charge on any atom is 0.135 e. The minimum atomic E-state index is -0.439. The molecule has 43 heavy (non-hydrogen) atoms. The van der Waals surface area contributed by atoms with Crippen molar-refractivity contribution in [3.8, 4) is 33.8 Å². The van der Waals surface area contributed by atoms with Crippen molar-refractivity contribution in [1.82, 2.24) is 0 Å². The van der Waals surface area contributed by atoms with Gasteiger partial charge >= 0.3 is 0 Å². The smallest absolute Gasteiger partial charge is 0.135 e. The van der Waals surface area contributed by atoms with Crippen LogP contribution in [0, 0.1) is 0 Å². The Labute approximate surface area is 253 Å². The monoisotopic (exact) mass is 550 g/mol. The van der Waals surface area contributed by atoms with Crippen LogP contribution in [0.2, 0.25) is 0 Å². The third-order valence-electron chi connectivity index (χ3n) is 9.04. The lowest BCUT2D eigenvalue weighted by molar-refractivity contribution is 0.474. The van der Waals surface area contributed by atoms with Crippen LogP contribution < -0.4 is 4.74 Å². The second-order valence-corrected chi connectivity index (χ2v) is 11.3. The van der Waals surface area contributed by atoms with Crippen LogP contribution in [0.1, 0.15) is 45.9 Å². The number of benzene rings is 6. The summed E-state index contributed by atoms with van der Waals surface area (Å²) in [6, 6.07) is 50.3. The molecular formula is C42H30O. The molecule has 0 atom stereocenters. The van der Waals surface area contributed by atoms with Gasteiger partial charge in [-0.15, -0.1) is 0 Å². The average Bonchev–Trinajstić information content (AvgIpc) is 3.37. The predicted octanol–water partition coefficient (Wildman–Crippen LogP) is 10.9. The second kappa shape index (κ2) is 9.86. The van der Waals surface area contributed by atoms with Crippen LogP contribution in [0.15, 0.2) is 152 Å². The van der Waals surface area contributed by atoms with Gasteiger partial charge in [0.1, 0.15) is 11.5 Å². The van der Waals surface area contributed by atoms with E-state index in [1.165, 1.54) is 33.4 Å². The van der Waals surface area contributed by atoms with Gasteiger partial charge in [0.05, 0.1) is 5.41 Å². The van der Waals surface area contributed by atoms with E-state index in [0.29, 0.717) is 0 Å². The van der Waals surface area contributed by atoms with Crippen molar-refractivity contribution in [2.45, 2.75) is 12.3 Å². The summed E-state index contributed by atoms with van der Waals surface area (Å²) in [6.07, 6.45) is 4.29. The van der Waals surface area contributed by atoms with Crippen molar-refractivity contribution in [2.24, 2.45) is 0 Å². The molecule has 1 nitrogen and oxygen atoms in total. The first-order valence-corrected chi connectivity index (χ1v) is 14.8. The molecule has 6 aromatic carbocycles. The summed E-state index contributed by atoms with van der Waals surface area (Å²) < 4.78 is 6.39. The van der Waals surface area contributed by atoms with Gasteiger partial charge in [-0.2, -0.15) is 0 Å². The standard InChI is InChI=1S/C42H30O/c1-3-14-36-33(25-26-40-41(36)28(2)32-19-9-12-24-39(32)43-40)29-15-13-18-31(27-29)42(30-16-5-4-6-17-30)37-22-10-7-20-34(37)35-21-8-11-23-38(35)42/h3-27H,2H2,1H3/b14-3-. The third-order valence-corrected chi connectivity index (χ3v) is 9.04. The summed E-state index contributed by atoms with van der Waals surface area (Å²) in [5.41, 5.74) is 13.8. The lowest BCUT2D eigenvalue weighted by atomic mass is 9.67. The van der Waals surface area contributed by atoms with Gasteiger partial charge in [0.15, 0.2) is 0 Å².